The number of rotatable bonds is 5. The summed E-state index contributed by atoms with van der Waals surface area (Å²) in [7, 11) is 1.56. The number of benzene rings is 2. The first-order valence-electron chi connectivity index (χ1n) is 9.38. The van der Waals surface area contributed by atoms with Crippen LogP contribution in [0.5, 0.6) is 5.75 Å². The SMILES string of the molecule is COc1ccc2oc(=O)c(C(=O)Nc3c(C(C)C)cccc3C(C)C)cc2c1. The Morgan fingerprint density at radius 1 is 1.00 bits per heavy atom. The molecule has 0 atom stereocenters. The molecule has 28 heavy (non-hydrogen) atoms. The van der Waals surface area contributed by atoms with Gasteiger partial charge >= 0.3 is 5.63 Å². The molecule has 3 rings (SSSR count). The lowest BCUT2D eigenvalue weighted by molar-refractivity contribution is 0.102. The van der Waals surface area contributed by atoms with Gasteiger partial charge in [0.1, 0.15) is 16.9 Å². The third kappa shape index (κ3) is 3.79. The monoisotopic (exact) mass is 379 g/mol. The molecule has 0 aliphatic carbocycles. The van der Waals surface area contributed by atoms with E-state index in [4.69, 9.17) is 9.15 Å². The molecule has 0 unspecified atom stereocenters. The first kappa shape index (κ1) is 19.7. The van der Waals surface area contributed by atoms with Gasteiger partial charge in [-0.25, -0.2) is 4.79 Å². The topological polar surface area (TPSA) is 68.5 Å². The second kappa shape index (κ2) is 7.89. The van der Waals surface area contributed by atoms with Crippen molar-refractivity contribution in [2.75, 3.05) is 12.4 Å². The van der Waals surface area contributed by atoms with E-state index in [1.807, 2.05) is 18.2 Å². The molecule has 0 aliphatic heterocycles. The van der Waals surface area contributed by atoms with E-state index in [-0.39, 0.29) is 17.4 Å². The molecule has 2 aromatic carbocycles. The maximum Gasteiger partial charge on any atom is 0.349 e. The molecule has 5 heteroatoms. The van der Waals surface area contributed by atoms with Crippen LogP contribution >= 0.6 is 0 Å². The standard InChI is InChI=1S/C23H25NO4/c1-13(2)17-7-6-8-18(14(3)4)21(17)24-22(25)19-12-15-11-16(27-5)9-10-20(15)28-23(19)26/h6-14H,1-5H3,(H,24,25). The number of hydrogen-bond acceptors (Lipinski definition) is 4. The molecule has 0 aliphatic rings. The van der Waals surface area contributed by atoms with Gasteiger partial charge in [0, 0.05) is 11.1 Å². The maximum absolute atomic E-state index is 13.0. The van der Waals surface area contributed by atoms with E-state index in [1.54, 1.807) is 31.4 Å². The van der Waals surface area contributed by atoms with Gasteiger partial charge in [0.25, 0.3) is 5.91 Å². The number of para-hydroxylation sites is 1. The Balaban J connectivity index is 2.06. The van der Waals surface area contributed by atoms with Gasteiger partial charge in [-0.3, -0.25) is 4.79 Å². The highest BCUT2D eigenvalue weighted by molar-refractivity contribution is 6.06. The number of amides is 1. The highest BCUT2D eigenvalue weighted by atomic mass is 16.5. The van der Waals surface area contributed by atoms with Crippen LogP contribution in [-0.2, 0) is 0 Å². The smallest absolute Gasteiger partial charge is 0.349 e. The van der Waals surface area contributed by atoms with Crippen LogP contribution in [0.4, 0.5) is 5.69 Å². The predicted octanol–water partition coefficient (Wildman–Crippen LogP) is 5.30. The molecule has 1 heterocycles. The van der Waals surface area contributed by atoms with Crippen molar-refractivity contribution in [2.24, 2.45) is 0 Å². The zero-order chi connectivity index (χ0) is 20.4. The molecular weight excluding hydrogens is 354 g/mol. The minimum Gasteiger partial charge on any atom is -0.497 e. The Bertz CT molecular complexity index is 1050. The number of methoxy groups -OCH3 is 1. The average molecular weight is 379 g/mol. The largest absolute Gasteiger partial charge is 0.497 e. The summed E-state index contributed by atoms with van der Waals surface area (Å²) in [6, 6.07) is 12.6. The van der Waals surface area contributed by atoms with Crippen molar-refractivity contribution in [1.29, 1.82) is 0 Å². The summed E-state index contributed by atoms with van der Waals surface area (Å²) in [5.41, 5.74) is 2.55. The van der Waals surface area contributed by atoms with E-state index in [0.717, 1.165) is 16.8 Å². The van der Waals surface area contributed by atoms with Crippen LogP contribution in [0.2, 0.25) is 0 Å². The van der Waals surface area contributed by atoms with Crippen molar-refractivity contribution >= 4 is 22.6 Å². The van der Waals surface area contributed by atoms with Crippen molar-refractivity contribution in [3.8, 4) is 5.75 Å². The van der Waals surface area contributed by atoms with Crippen LogP contribution in [0.3, 0.4) is 0 Å². The summed E-state index contributed by atoms with van der Waals surface area (Å²) in [5, 5.41) is 3.59. The zero-order valence-corrected chi connectivity index (χ0v) is 16.8. The Kier molecular flexibility index (Phi) is 5.54. The highest BCUT2D eigenvalue weighted by Gasteiger charge is 2.19. The third-order valence-electron chi connectivity index (χ3n) is 4.80. The number of hydrogen-bond donors (Lipinski definition) is 1. The van der Waals surface area contributed by atoms with Crippen LogP contribution in [0.1, 0.15) is 61.0 Å². The highest BCUT2D eigenvalue weighted by Crippen LogP contribution is 2.32. The Morgan fingerprint density at radius 3 is 2.21 bits per heavy atom. The first-order valence-corrected chi connectivity index (χ1v) is 9.38. The summed E-state index contributed by atoms with van der Waals surface area (Å²) in [6.45, 7) is 8.30. The number of carbonyl (C=O) groups is 1. The van der Waals surface area contributed by atoms with E-state index in [0.29, 0.717) is 16.7 Å². The minimum absolute atomic E-state index is 0.0333. The lowest BCUT2D eigenvalue weighted by atomic mass is 9.92. The minimum atomic E-state index is -0.664. The lowest BCUT2D eigenvalue weighted by Gasteiger charge is -2.20. The number of ether oxygens (including phenoxy) is 1. The number of nitrogens with one attached hydrogen (secondary N) is 1. The van der Waals surface area contributed by atoms with Crippen molar-refractivity contribution < 1.29 is 13.9 Å². The van der Waals surface area contributed by atoms with Crippen LogP contribution < -0.4 is 15.7 Å². The molecule has 0 bridgehead atoms. The number of fused-ring (bicyclic) bond motifs is 1. The molecule has 0 saturated heterocycles. The molecule has 1 aromatic heterocycles. The van der Waals surface area contributed by atoms with Crippen molar-refractivity contribution in [2.45, 2.75) is 39.5 Å². The van der Waals surface area contributed by atoms with E-state index >= 15 is 0 Å². The Morgan fingerprint density at radius 2 is 1.64 bits per heavy atom. The summed E-state index contributed by atoms with van der Waals surface area (Å²) >= 11 is 0. The Hall–Kier alpha value is -3.08. The van der Waals surface area contributed by atoms with Gasteiger partial charge in [-0.05, 0) is 47.2 Å². The van der Waals surface area contributed by atoms with Crippen molar-refractivity contribution in [3.63, 3.8) is 0 Å². The third-order valence-corrected chi connectivity index (χ3v) is 4.80. The second-order valence-corrected chi connectivity index (χ2v) is 7.43. The van der Waals surface area contributed by atoms with Crippen LogP contribution in [-0.4, -0.2) is 13.0 Å². The van der Waals surface area contributed by atoms with Gasteiger partial charge < -0.3 is 14.5 Å². The second-order valence-electron chi connectivity index (χ2n) is 7.43. The summed E-state index contributed by atoms with van der Waals surface area (Å²) in [4.78, 5) is 25.4. The van der Waals surface area contributed by atoms with Gasteiger partial charge in [-0.1, -0.05) is 45.9 Å². The lowest BCUT2D eigenvalue weighted by Crippen LogP contribution is -2.22. The molecule has 146 valence electrons. The summed E-state index contributed by atoms with van der Waals surface area (Å²) < 4.78 is 10.5. The molecule has 3 aromatic rings. The fourth-order valence-electron chi connectivity index (χ4n) is 3.26. The van der Waals surface area contributed by atoms with Gasteiger partial charge in [0.2, 0.25) is 0 Å². The van der Waals surface area contributed by atoms with Crippen molar-refractivity contribution in [1.82, 2.24) is 0 Å². The molecule has 1 N–H and O–H groups in total. The maximum atomic E-state index is 13.0. The van der Waals surface area contributed by atoms with Crippen LogP contribution in [0, 0.1) is 0 Å². The molecule has 0 fully saturated rings. The van der Waals surface area contributed by atoms with E-state index < -0.39 is 11.5 Å². The first-order chi connectivity index (χ1) is 13.3. The molecule has 5 nitrogen and oxygen atoms in total. The van der Waals surface area contributed by atoms with E-state index in [9.17, 15) is 9.59 Å². The number of anilines is 1. The molecular formula is C23H25NO4. The normalized spacial score (nSPS) is 11.2. The van der Waals surface area contributed by atoms with E-state index in [1.165, 1.54) is 0 Å². The average Bonchev–Trinajstić information content (AvgIpc) is 2.66. The fraction of sp³-hybridized carbons (Fsp3) is 0.304. The van der Waals surface area contributed by atoms with Crippen LogP contribution in [0.15, 0.2) is 51.7 Å². The predicted molar refractivity (Wildman–Crippen MR) is 112 cm³/mol. The molecule has 1 amide bonds. The van der Waals surface area contributed by atoms with Gasteiger partial charge in [-0.15, -0.1) is 0 Å². The van der Waals surface area contributed by atoms with Gasteiger partial charge in [0.15, 0.2) is 0 Å². The molecule has 0 radical (unpaired) electrons. The van der Waals surface area contributed by atoms with Crippen LogP contribution in [0.25, 0.3) is 11.0 Å². The Labute approximate surface area is 164 Å². The number of carbonyl (C=O) groups excluding carboxylic acids is 1. The van der Waals surface area contributed by atoms with Gasteiger partial charge in [-0.2, -0.15) is 0 Å². The molecule has 0 saturated carbocycles. The summed E-state index contributed by atoms with van der Waals surface area (Å²) in [6.07, 6.45) is 0. The van der Waals surface area contributed by atoms with Crippen molar-refractivity contribution in [3.05, 3.63) is 69.6 Å². The zero-order valence-electron chi connectivity index (χ0n) is 16.8. The molecule has 0 spiro atoms. The van der Waals surface area contributed by atoms with E-state index in [2.05, 4.69) is 33.0 Å². The quantitative estimate of drug-likeness (QED) is 0.611. The fourth-order valence-corrected chi connectivity index (χ4v) is 3.26. The summed E-state index contributed by atoms with van der Waals surface area (Å²) in [5.74, 6) is 0.603. The van der Waals surface area contributed by atoms with Gasteiger partial charge in [0.05, 0.1) is 7.11 Å².